The number of benzene rings is 1. The summed E-state index contributed by atoms with van der Waals surface area (Å²) >= 11 is 0. The Morgan fingerprint density at radius 2 is 2.12 bits per heavy atom. The SMILES string of the molecule is CCc1cc([C@]23C[C@H]2CN(CCC2CCC(NC(=O)c4cccc5nn(C)cc45)CC2)C3)no1. The molecule has 6 rings (SSSR count). The Morgan fingerprint density at radius 3 is 2.91 bits per heavy atom. The van der Waals surface area contributed by atoms with Gasteiger partial charge in [0.15, 0.2) is 0 Å². The molecule has 7 nitrogen and oxygen atoms in total. The zero-order chi connectivity index (χ0) is 23.3. The van der Waals surface area contributed by atoms with Crippen molar-refractivity contribution in [2.75, 3.05) is 19.6 Å². The molecule has 0 spiro atoms. The molecule has 34 heavy (non-hydrogen) atoms. The largest absolute Gasteiger partial charge is 0.361 e. The van der Waals surface area contributed by atoms with Crippen LogP contribution in [0.5, 0.6) is 0 Å². The van der Waals surface area contributed by atoms with Gasteiger partial charge in [-0.3, -0.25) is 9.48 Å². The maximum atomic E-state index is 13.0. The first-order valence-electron chi connectivity index (χ1n) is 13.0. The van der Waals surface area contributed by atoms with Crippen molar-refractivity contribution >= 4 is 16.8 Å². The van der Waals surface area contributed by atoms with Crippen LogP contribution in [-0.2, 0) is 18.9 Å². The summed E-state index contributed by atoms with van der Waals surface area (Å²) in [5.41, 5.74) is 3.06. The molecule has 2 atom stereocenters. The summed E-state index contributed by atoms with van der Waals surface area (Å²) in [6, 6.07) is 8.24. The number of aromatic nitrogens is 3. The first kappa shape index (κ1) is 21.8. The molecule has 7 heteroatoms. The van der Waals surface area contributed by atoms with Gasteiger partial charge in [-0.15, -0.1) is 0 Å². The van der Waals surface area contributed by atoms with Crippen LogP contribution < -0.4 is 5.32 Å². The van der Waals surface area contributed by atoms with Gasteiger partial charge < -0.3 is 14.7 Å². The third kappa shape index (κ3) is 3.94. The fraction of sp³-hybridized carbons (Fsp3) is 0.593. The molecule has 1 saturated heterocycles. The minimum absolute atomic E-state index is 0.0303. The van der Waals surface area contributed by atoms with Crippen LogP contribution in [0.15, 0.2) is 35.0 Å². The molecule has 0 bridgehead atoms. The van der Waals surface area contributed by atoms with Gasteiger partial charge in [-0.05, 0) is 69.0 Å². The van der Waals surface area contributed by atoms with Crippen molar-refractivity contribution in [1.29, 1.82) is 0 Å². The topological polar surface area (TPSA) is 76.2 Å². The van der Waals surface area contributed by atoms with E-state index in [-0.39, 0.29) is 17.4 Å². The molecule has 3 heterocycles. The highest BCUT2D eigenvalue weighted by Gasteiger charge is 2.62. The lowest BCUT2D eigenvalue weighted by atomic mass is 9.84. The quantitative estimate of drug-likeness (QED) is 0.574. The maximum absolute atomic E-state index is 13.0. The van der Waals surface area contributed by atoms with Crippen LogP contribution in [0.25, 0.3) is 10.9 Å². The predicted molar refractivity (Wildman–Crippen MR) is 131 cm³/mol. The molecule has 3 aromatic rings. The third-order valence-corrected chi connectivity index (χ3v) is 8.58. The van der Waals surface area contributed by atoms with Gasteiger partial charge >= 0.3 is 0 Å². The van der Waals surface area contributed by atoms with E-state index >= 15 is 0 Å². The summed E-state index contributed by atoms with van der Waals surface area (Å²) in [5.74, 6) is 2.57. The van der Waals surface area contributed by atoms with E-state index in [0.717, 1.165) is 59.9 Å². The smallest absolute Gasteiger partial charge is 0.252 e. The Labute approximate surface area is 200 Å². The molecule has 1 N–H and O–H groups in total. The van der Waals surface area contributed by atoms with E-state index in [0.29, 0.717) is 0 Å². The molecule has 2 aliphatic carbocycles. The van der Waals surface area contributed by atoms with E-state index in [9.17, 15) is 4.79 Å². The number of piperidine rings is 1. The second-order valence-corrected chi connectivity index (χ2v) is 10.8. The average Bonchev–Trinajstić information content (AvgIpc) is 3.23. The lowest BCUT2D eigenvalue weighted by Crippen LogP contribution is -2.38. The molecule has 1 aliphatic heterocycles. The summed E-state index contributed by atoms with van der Waals surface area (Å²) in [6.07, 6.45) is 9.93. The van der Waals surface area contributed by atoms with Gasteiger partial charge in [-0.1, -0.05) is 18.1 Å². The number of rotatable bonds is 7. The Bertz CT molecular complexity index is 1190. The molecule has 0 unspecified atom stereocenters. The van der Waals surface area contributed by atoms with Crippen LogP contribution in [0, 0.1) is 11.8 Å². The normalized spacial score (nSPS) is 28.8. The van der Waals surface area contributed by atoms with Gasteiger partial charge in [-0.25, -0.2) is 0 Å². The highest BCUT2D eigenvalue weighted by Crippen LogP contribution is 2.58. The van der Waals surface area contributed by atoms with Gasteiger partial charge in [0, 0.05) is 55.7 Å². The van der Waals surface area contributed by atoms with Crippen molar-refractivity contribution in [1.82, 2.24) is 25.2 Å². The Hall–Kier alpha value is -2.67. The number of fused-ring (bicyclic) bond motifs is 2. The van der Waals surface area contributed by atoms with Gasteiger partial charge in [0.05, 0.1) is 16.8 Å². The molecule has 0 radical (unpaired) electrons. The molecular formula is C27H35N5O2. The number of hydrogen-bond acceptors (Lipinski definition) is 5. The summed E-state index contributed by atoms with van der Waals surface area (Å²) in [4.78, 5) is 15.6. The molecule has 1 aromatic carbocycles. The monoisotopic (exact) mass is 461 g/mol. The van der Waals surface area contributed by atoms with E-state index < -0.39 is 0 Å². The number of likely N-dealkylation sites (tertiary alicyclic amines) is 1. The first-order chi connectivity index (χ1) is 16.5. The lowest BCUT2D eigenvalue weighted by molar-refractivity contribution is 0.0921. The Balaban J connectivity index is 0.971. The second kappa shape index (κ2) is 8.52. The van der Waals surface area contributed by atoms with Crippen LogP contribution in [-0.4, -0.2) is 51.4 Å². The van der Waals surface area contributed by atoms with Crippen LogP contribution in [0.3, 0.4) is 0 Å². The van der Waals surface area contributed by atoms with Crippen molar-refractivity contribution in [3.63, 3.8) is 0 Å². The number of amides is 1. The number of carbonyl (C=O) groups excluding carboxylic acids is 1. The number of nitrogens with one attached hydrogen (secondary N) is 1. The molecule has 3 aliphatic rings. The predicted octanol–water partition coefficient (Wildman–Crippen LogP) is 4.08. The van der Waals surface area contributed by atoms with E-state index in [4.69, 9.17) is 4.52 Å². The van der Waals surface area contributed by atoms with E-state index in [2.05, 4.69) is 33.5 Å². The molecule has 2 saturated carbocycles. The van der Waals surface area contributed by atoms with Gasteiger partial charge in [0.25, 0.3) is 5.91 Å². The zero-order valence-corrected chi connectivity index (χ0v) is 20.3. The summed E-state index contributed by atoms with van der Waals surface area (Å²) in [6.45, 7) is 5.65. The lowest BCUT2D eigenvalue weighted by Gasteiger charge is -2.30. The van der Waals surface area contributed by atoms with Crippen molar-refractivity contribution in [3.8, 4) is 0 Å². The minimum atomic E-state index is 0.0303. The first-order valence-corrected chi connectivity index (χ1v) is 13.0. The standard InChI is InChI=1S/C27H35N5O2/c1-3-21-13-25(30-34-21)27-14-19(27)15-32(17-27)12-11-18-7-9-20(10-8-18)28-26(33)22-5-4-6-24-23(22)16-31(2)29-24/h4-6,13,16,18-20H,3,7-12,14-15,17H2,1-2H3,(H,28,33)/t18?,19-,20?,27-/m0/s1. The van der Waals surface area contributed by atoms with Crippen molar-refractivity contribution < 1.29 is 9.32 Å². The summed E-state index contributed by atoms with van der Waals surface area (Å²) in [5, 5.41) is 13.0. The Kier molecular flexibility index (Phi) is 5.47. The number of hydrogen-bond donors (Lipinski definition) is 1. The third-order valence-electron chi connectivity index (χ3n) is 8.58. The van der Waals surface area contributed by atoms with E-state index in [1.54, 1.807) is 4.68 Å². The van der Waals surface area contributed by atoms with Crippen LogP contribution in [0.1, 0.15) is 67.3 Å². The maximum Gasteiger partial charge on any atom is 0.252 e. The van der Waals surface area contributed by atoms with Crippen molar-refractivity contribution in [2.45, 2.75) is 63.3 Å². The molecule has 2 aromatic heterocycles. The summed E-state index contributed by atoms with van der Waals surface area (Å²) in [7, 11) is 1.89. The van der Waals surface area contributed by atoms with E-state index in [1.807, 2.05) is 31.4 Å². The minimum Gasteiger partial charge on any atom is -0.361 e. The zero-order valence-electron chi connectivity index (χ0n) is 20.3. The van der Waals surface area contributed by atoms with Crippen LogP contribution >= 0.6 is 0 Å². The number of carbonyl (C=O) groups is 1. The average molecular weight is 462 g/mol. The van der Waals surface area contributed by atoms with Gasteiger partial charge in [0.2, 0.25) is 0 Å². The van der Waals surface area contributed by atoms with Gasteiger partial charge in [0.1, 0.15) is 5.76 Å². The van der Waals surface area contributed by atoms with Crippen molar-refractivity contribution in [2.24, 2.45) is 18.9 Å². The Morgan fingerprint density at radius 1 is 1.26 bits per heavy atom. The molecule has 3 fully saturated rings. The van der Waals surface area contributed by atoms with Crippen LogP contribution in [0.4, 0.5) is 0 Å². The highest BCUT2D eigenvalue weighted by molar-refractivity contribution is 6.06. The number of aryl methyl sites for hydroxylation is 2. The second-order valence-electron chi connectivity index (χ2n) is 10.8. The number of nitrogens with zero attached hydrogens (tertiary/aromatic N) is 4. The molecular weight excluding hydrogens is 426 g/mol. The molecule has 1 amide bonds. The van der Waals surface area contributed by atoms with Crippen molar-refractivity contribution in [3.05, 3.63) is 47.5 Å². The van der Waals surface area contributed by atoms with E-state index in [1.165, 1.54) is 44.5 Å². The van der Waals surface area contributed by atoms with Crippen LogP contribution in [0.2, 0.25) is 0 Å². The highest BCUT2D eigenvalue weighted by atomic mass is 16.5. The fourth-order valence-electron chi connectivity index (χ4n) is 6.45. The molecule has 180 valence electrons. The summed E-state index contributed by atoms with van der Waals surface area (Å²) < 4.78 is 7.26. The fourth-order valence-corrected chi connectivity index (χ4v) is 6.45. The van der Waals surface area contributed by atoms with Gasteiger partial charge in [-0.2, -0.15) is 5.10 Å².